The van der Waals surface area contributed by atoms with Gasteiger partial charge >= 0.3 is 6.36 Å². The second-order valence-corrected chi connectivity index (χ2v) is 3.43. The van der Waals surface area contributed by atoms with Gasteiger partial charge in [-0.15, -0.1) is 25.6 Å². The van der Waals surface area contributed by atoms with Gasteiger partial charge in [0, 0.05) is 6.04 Å². The lowest BCUT2D eigenvalue weighted by molar-refractivity contribution is -0.274. The Morgan fingerprint density at radius 3 is 2.31 bits per heavy atom. The second-order valence-electron chi connectivity index (χ2n) is 3.03. The fourth-order valence-corrected chi connectivity index (χ4v) is 1.24. The zero-order chi connectivity index (χ0) is 11.6. The van der Waals surface area contributed by atoms with Gasteiger partial charge in [0.05, 0.1) is 5.02 Å². The van der Waals surface area contributed by atoms with Crippen LogP contribution < -0.4 is 10.5 Å². The maximum absolute atomic E-state index is 11.9. The Morgan fingerprint density at radius 2 is 1.94 bits per heavy atom. The van der Waals surface area contributed by atoms with E-state index in [1.54, 1.807) is 6.92 Å². The van der Waals surface area contributed by atoms with Crippen LogP contribution in [-0.4, -0.2) is 6.36 Å². The minimum absolute atomic E-state index is 0. The molecule has 2 nitrogen and oxygen atoms in total. The summed E-state index contributed by atoms with van der Waals surface area (Å²) in [6.45, 7) is 1.70. The molecule has 0 amide bonds. The molecule has 0 aliphatic heterocycles. The van der Waals surface area contributed by atoms with Crippen LogP contribution in [0.2, 0.25) is 5.02 Å². The van der Waals surface area contributed by atoms with Crippen LogP contribution in [0.15, 0.2) is 18.2 Å². The highest BCUT2D eigenvalue weighted by molar-refractivity contribution is 6.32. The van der Waals surface area contributed by atoms with Gasteiger partial charge in [0.1, 0.15) is 5.75 Å². The molecule has 7 heteroatoms. The Bertz CT molecular complexity index is 355. The fourth-order valence-electron chi connectivity index (χ4n) is 1.01. The molecule has 0 saturated heterocycles. The molecule has 2 N–H and O–H groups in total. The number of benzene rings is 1. The van der Waals surface area contributed by atoms with E-state index >= 15 is 0 Å². The van der Waals surface area contributed by atoms with Crippen molar-refractivity contribution in [3.63, 3.8) is 0 Å². The molecule has 0 aromatic heterocycles. The van der Waals surface area contributed by atoms with E-state index in [2.05, 4.69) is 4.74 Å². The summed E-state index contributed by atoms with van der Waals surface area (Å²) in [4.78, 5) is 0. The van der Waals surface area contributed by atoms with Crippen LogP contribution in [0, 0.1) is 0 Å². The Balaban J connectivity index is 0.00000225. The van der Waals surface area contributed by atoms with E-state index in [0.29, 0.717) is 5.56 Å². The number of ether oxygens (including phenoxy) is 1. The highest BCUT2D eigenvalue weighted by atomic mass is 35.5. The van der Waals surface area contributed by atoms with Gasteiger partial charge in [-0.2, -0.15) is 0 Å². The van der Waals surface area contributed by atoms with Gasteiger partial charge in [0.25, 0.3) is 0 Å². The van der Waals surface area contributed by atoms with Gasteiger partial charge in [-0.25, -0.2) is 0 Å². The minimum Gasteiger partial charge on any atom is -0.404 e. The molecule has 0 aliphatic carbocycles. The third-order valence-electron chi connectivity index (χ3n) is 1.71. The molecule has 0 fully saturated rings. The number of halogens is 5. The van der Waals surface area contributed by atoms with Gasteiger partial charge in [-0.3, -0.25) is 0 Å². The molecule has 1 atom stereocenters. The molecule has 0 aliphatic rings. The summed E-state index contributed by atoms with van der Waals surface area (Å²) in [5.74, 6) is -0.423. The number of hydrogen-bond acceptors (Lipinski definition) is 2. The van der Waals surface area contributed by atoms with Crippen molar-refractivity contribution >= 4 is 24.0 Å². The first-order valence-corrected chi connectivity index (χ1v) is 4.48. The predicted octanol–water partition coefficient (Wildman–Crippen LogP) is 3.68. The molecule has 1 aromatic rings. The topological polar surface area (TPSA) is 35.2 Å². The van der Waals surface area contributed by atoms with Gasteiger partial charge in [-0.05, 0) is 24.6 Å². The molecule has 0 spiro atoms. The lowest BCUT2D eigenvalue weighted by Gasteiger charge is -2.12. The number of nitrogens with two attached hydrogens (primary N) is 1. The van der Waals surface area contributed by atoms with Crippen LogP contribution in [0.4, 0.5) is 13.2 Å². The summed E-state index contributed by atoms with van der Waals surface area (Å²) in [5, 5.41) is -0.109. The number of alkyl halides is 3. The summed E-state index contributed by atoms with van der Waals surface area (Å²) in [6.07, 6.45) is -4.74. The van der Waals surface area contributed by atoms with Crippen LogP contribution in [0.5, 0.6) is 5.75 Å². The zero-order valence-electron chi connectivity index (χ0n) is 8.22. The van der Waals surface area contributed by atoms with Crippen LogP contribution in [0.1, 0.15) is 18.5 Å². The normalized spacial score (nSPS) is 12.9. The smallest absolute Gasteiger partial charge is 0.404 e. The van der Waals surface area contributed by atoms with Crippen molar-refractivity contribution in [3.05, 3.63) is 28.8 Å². The van der Waals surface area contributed by atoms with Crippen molar-refractivity contribution in [1.82, 2.24) is 0 Å². The van der Waals surface area contributed by atoms with Gasteiger partial charge < -0.3 is 10.5 Å². The van der Waals surface area contributed by atoms with Crippen LogP contribution in [0.3, 0.4) is 0 Å². The molecule has 0 bridgehead atoms. The van der Waals surface area contributed by atoms with E-state index in [4.69, 9.17) is 17.3 Å². The Kier molecular flexibility index (Phi) is 5.38. The van der Waals surface area contributed by atoms with E-state index in [9.17, 15) is 13.2 Å². The van der Waals surface area contributed by atoms with Crippen LogP contribution >= 0.6 is 24.0 Å². The SMILES string of the molecule is C[C@H](N)c1ccc(OC(F)(F)F)c(Cl)c1.Cl. The van der Waals surface area contributed by atoms with Crippen molar-refractivity contribution in [2.24, 2.45) is 5.73 Å². The zero-order valence-corrected chi connectivity index (χ0v) is 9.79. The van der Waals surface area contributed by atoms with Crippen LogP contribution in [0.25, 0.3) is 0 Å². The molecule has 0 unspecified atom stereocenters. The second kappa shape index (κ2) is 5.61. The molecule has 0 radical (unpaired) electrons. The van der Waals surface area contributed by atoms with E-state index in [1.807, 2.05) is 0 Å². The summed E-state index contributed by atoms with van der Waals surface area (Å²) < 4.78 is 39.3. The third-order valence-corrected chi connectivity index (χ3v) is 2.00. The summed E-state index contributed by atoms with van der Waals surface area (Å²) in [7, 11) is 0. The van der Waals surface area contributed by atoms with Gasteiger partial charge in [0.15, 0.2) is 0 Å². The average molecular weight is 276 g/mol. The van der Waals surface area contributed by atoms with E-state index < -0.39 is 12.1 Å². The molecule has 0 heterocycles. The van der Waals surface area contributed by atoms with Crippen molar-refractivity contribution < 1.29 is 17.9 Å². The number of rotatable bonds is 2. The molecular formula is C9H10Cl2F3NO. The Labute approximate surface area is 102 Å². The maximum atomic E-state index is 11.9. The summed E-state index contributed by atoms with van der Waals surface area (Å²) >= 11 is 5.60. The van der Waals surface area contributed by atoms with Gasteiger partial charge in [0.2, 0.25) is 0 Å². The Hall–Kier alpha value is -0.650. The standard InChI is InChI=1S/C9H9ClF3NO.ClH/c1-5(14)6-2-3-8(7(10)4-6)15-9(11,12)13;/h2-5H,14H2,1H3;1H/t5-;/m0./s1. The molecular weight excluding hydrogens is 266 g/mol. The molecule has 1 rings (SSSR count). The predicted molar refractivity (Wildman–Crippen MR) is 58.0 cm³/mol. The van der Waals surface area contributed by atoms with Crippen LogP contribution in [-0.2, 0) is 0 Å². The quantitative estimate of drug-likeness (QED) is 0.894. The highest BCUT2D eigenvalue weighted by Gasteiger charge is 2.32. The van der Waals surface area contributed by atoms with Crippen molar-refractivity contribution in [2.45, 2.75) is 19.3 Å². The fraction of sp³-hybridized carbons (Fsp3) is 0.333. The van der Waals surface area contributed by atoms with E-state index in [0.717, 1.165) is 6.07 Å². The summed E-state index contributed by atoms with van der Waals surface area (Å²) in [5.41, 5.74) is 6.19. The van der Waals surface area contributed by atoms with E-state index in [-0.39, 0.29) is 23.5 Å². The first-order chi connectivity index (χ1) is 6.79. The van der Waals surface area contributed by atoms with Crippen molar-refractivity contribution in [3.8, 4) is 5.75 Å². The van der Waals surface area contributed by atoms with Crippen molar-refractivity contribution in [1.29, 1.82) is 0 Å². The first kappa shape index (κ1) is 15.3. The molecule has 1 aromatic carbocycles. The van der Waals surface area contributed by atoms with E-state index in [1.165, 1.54) is 12.1 Å². The lowest BCUT2D eigenvalue weighted by Crippen LogP contribution is -2.17. The molecule has 0 saturated carbocycles. The largest absolute Gasteiger partial charge is 0.573 e. The van der Waals surface area contributed by atoms with Gasteiger partial charge in [-0.1, -0.05) is 17.7 Å². The lowest BCUT2D eigenvalue weighted by atomic mass is 10.1. The molecule has 16 heavy (non-hydrogen) atoms. The maximum Gasteiger partial charge on any atom is 0.573 e. The minimum atomic E-state index is -4.74. The Morgan fingerprint density at radius 1 is 1.38 bits per heavy atom. The summed E-state index contributed by atoms with van der Waals surface area (Å²) in [6, 6.07) is 3.65. The third kappa shape index (κ3) is 4.47. The highest BCUT2D eigenvalue weighted by Crippen LogP contribution is 2.31. The molecule has 92 valence electrons. The first-order valence-electron chi connectivity index (χ1n) is 4.10. The average Bonchev–Trinajstić information content (AvgIpc) is 2.05. The van der Waals surface area contributed by atoms with Crippen molar-refractivity contribution in [2.75, 3.05) is 0 Å². The number of hydrogen-bond donors (Lipinski definition) is 1. The monoisotopic (exact) mass is 275 g/mol.